The number of rotatable bonds is 7. The average molecular weight is 400 g/mol. The predicted molar refractivity (Wildman–Crippen MR) is 103 cm³/mol. The van der Waals surface area contributed by atoms with Crippen molar-refractivity contribution in [3.05, 3.63) is 58.1 Å². The van der Waals surface area contributed by atoms with Crippen LogP contribution in [0.15, 0.2) is 42.5 Å². The topological polar surface area (TPSA) is 108 Å². The van der Waals surface area contributed by atoms with Crippen LogP contribution in [-0.4, -0.2) is 37.6 Å². The summed E-state index contributed by atoms with van der Waals surface area (Å²) < 4.78 is 15.8. The van der Waals surface area contributed by atoms with Gasteiger partial charge in [-0.2, -0.15) is 0 Å². The maximum absolute atomic E-state index is 12.5. The highest BCUT2D eigenvalue weighted by Crippen LogP contribution is 2.36. The summed E-state index contributed by atoms with van der Waals surface area (Å²) in [6, 6.07) is 10.8. The van der Waals surface area contributed by atoms with Crippen LogP contribution in [0.2, 0.25) is 0 Å². The third-order valence-corrected chi connectivity index (χ3v) is 4.66. The number of methoxy groups -OCH3 is 2. The second-order valence-electron chi connectivity index (χ2n) is 6.47. The minimum atomic E-state index is -0.604. The molecule has 1 amide bonds. The van der Waals surface area contributed by atoms with Gasteiger partial charge in [0.25, 0.3) is 5.69 Å². The second-order valence-corrected chi connectivity index (χ2v) is 6.47. The van der Waals surface area contributed by atoms with Crippen molar-refractivity contribution in [2.45, 2.75) is 13.0 Å². The summed E-state index contributed by atoms with van der Waals surface area (Å²) in [5.74, 6) is -0.237. The molecule has 1 fully saturated rings. The van der Waals surface area contributed by atoms with Crippen LogP contribution in [0.3, 0.4) is 0 Å². The normalized spacial score (nSPS) is 15.9. The third kappa shape index (κ3) is 4.45. The van der Waals surface area contributed by atoms with E-state index in [0.717, 1.165) is 0 Å². The lowest BCUT2D eigenvalue weighted by molar-refractivity contribution is -0.384. The van der Waals surface area contributed by atoms with Gasteiger partial charge in [0.2, 0.25) is 5.91 Å². The van der Waals surface area contributed by atoms with E-state index in [9.17, 15) is 19.7 Å². The molecule has 152 valence electrons. The quantitative estimate of drug-likeness (QED) is 0.399. The van der Waals surface area contributed by atoms with Crippen molar-refractivity contribution in [2.24, 2.45) is 5.92 Å². The van der Waals surface area contributed by atoms with Gasteiger partial charge in [0.15, 0.2) is 0 Å². The fourth-order valence-corrected chi connectivity index (χ4v) is 3.09. The minimum absolute atomic E-state index is 0.0205. The standard InChI is InChI=1S/C20H20N2O7/c1-27-16-7-8-17(18(10-16)28-2)21-11-14(9-19(21)23)20(24)29-12-13-3-5-15(6-4-13)22(25)26/h3-8,10,14H,9,11-12H2,1-2H3/t14-/m1/s1. The molecule has 0 saturated carbocycles. The Hall–Kier alpha value is -3.62. The van der Waals surface area contributed by atoms with E-state index in [4.69, 9.17) is 14.2 Å². The van der Waals surface area contributed by atoms with E-state index in [-0.39, 0.29) is 31.2 Å². The maximum atomic E-state index is 12.5. The molecular weight excluding hydrogens is 380 g/mol. The number of anilines is 1. The Morgan fingerprint density at radius 1 is 1.17 bits per heavy atom. The van der Waals surface area contributed by atoms with Crippen LogP contribution in [0.5, 0.6) is 11.5 Å². The molecule has 0 aromatic heterocycles. The molecule has 1 aliphatic heterocycles. The number of nitrogens with zero attached hydrogens (tertiary/aromatic N) is 2. The van der Waals surface area contributed by atoms with Gasteiger partial charge in [0.05, 0.1) is 30.7 Å². The summed E-state index contributed by atoms with van der Waals surface area (Å²) in [4.78, 5) is 36.5. The molecular formula is C20H20N2O7. The van der Waals surface area contributed by atoms with Crippen molar-refractivity contribution in [1.82, 2.24) is 0 Å². The highest BCUT2D eigenvalue weighted by atomic mass is 16.6. The SMILES string of the molecule is COc1ccc(N2C[C@H](C(=O)OCc3ccc([N+](=O)[O-])cc3)CC2=O)c(OC)c1. The highest BCUT2D eigenvalue weighted by Gasteiger charge is 2.37. The first-order chi connectivity index (χ1) is 13.9. The number of nitro benzene ring substituents is 1. The van der Waals surface area contributed by atoms with Gasteiger partial charge in [-0.3, -0.25) is 19.7 Å². The van der Waals surface area contributed by atoms with Crippen LogP contribution >= 0.6 is 0 Å². The fraction of sp³-hybridized carbons (Fsp3) is 0.300. The number of benzene rings is 2. The Morgan fingerprint density at radius 3 is 2.52 bits per heavy atom. The summed E-state index contributed by atoms with van der Waals surface area (Å²) >= 11 is 0. The van der Waals surface area contributed by atoms with Crippen LogP contribution in [0.1, 0.15) is 12.0 Å². The maximum Gasteiger partial charge on any atom is 0.311 e. The monoisotopic (exact) mass is 400 g/mol. The van der Waals surface area contributed by atoms with Crippen LogP contribution in [-0.2, 0) is 20.9 Å². The van der Waals surface area contributed by atoms with E-state index >= 15 is 0 Å². The summed E-state index contributed by atoms with van der Waals surface area (Å²) in [6.07, 6.45) is 0.0360. The van der Waals surface area contributed by atoms with Crippen LogP contribution in [0.4, 0.5) is 11.4 Å². The van der Waals surface area contributed by atoms with Crippen molar-refractivity contribution in [2.75, 3.05) is 25.7 Å². The molecule has 1 saturated heterocycles. The zero-order chi connectivity index (χ0) is 21.0. The van der Waals surface area contributed by atoms with Gasteiger partial charge in [-0.15, -0.1) is 0 Å². The van der Waals surface area contributed by atoms with Crippen molar-refractivity contribution < 1.29 is 28.7 Å². The molecule has 2 aromatic rings. The minimum Gasteiger partial charge on any atom is -0.497 e. The Bertz CT molecular complexity index is 927. The number of hydrogen-bond acceptors (Lipinski definition) is 7. The highest BCUT2D eigenvalue weighted by molar-refractivity contribution is 6.00. The lowest BCUT2D eigenvalue weighted by Gasteiger charge is -2.20. The summed E-state index contributed by atoms with van der Waals surface area (Å²) in [5.41, 5.74) is 1.15. The first-order valence-electron chi connectivity index (χ1n) is 8.85. The average Bonchev–Trinajstić information content (AvgIpc) is 3.13. The van der Waals surface area contributed by atoms with Crippen molar-refractivity contribution >= 4 is 23.3 Å². The van der Waals surface area contributed by atoms with E-state index < -0.39 is 16.8 Å². The fourth-order valence-electron chi connectivity index (χ4n) is 3.09. The number of nitro groups is 1. The van der Waals surface area contributed by atoms with Crippen molar-refractivity contribution in [1.29, 1.82) is 0 Å². The molecule has 0 N–H and O–H groups in total. The molecule has 1 heterocycles. The Balaban J connectivity index is 1.63. The molecule has 0 unspecified atom stereocenters. The number of amides is 1. The zero-order valence-electron chi connectivity index (χ0n) is 16.0. The molecule has 0 aliphatic carbocycles. The molecule has 1 atom stereocenters. The molecule has 9 heteroatoms. The smallest absolute Gasteiger partial charge is 0.311 e. The van der Waals surface area contributed by atoms with E-state index in [0.29, 0.717) is 22.7 Å². The number of esters is 1. The molecule has 0 spiro atoms. The second kappa shape index (κ2) is 8.59. The van der Waals surface area contributed by atoms with Gasteiger partial charge in [-0.05, 0) is 29.8 Å². The molecule has 29 heavy (non-hydrogen) atoms. The van der Waals surface area contributed by atoms with Gasteiger partial charge >= 0.3 is 5.97 Å². The Labute approximate surface area is 166 Å². The summed E-state index contributed by atoms with van der Waals surface area (Å²) in [5, 5.41) is 10.7. The molecule has 9 nitrogen and oxygen atoms in total. The number of non-ortho nitro benzene ring substituents is 1. The van der Waals surface area contributed by atoms with Gasteiger partial charge in [-0.1, -0.05) is 0 Å². The molecule has 0 bridgehead atoms. The van der Waals surface area contributed by atoms with Crippen molar-refractivity contribution in [3.63, 3.8) is 0 Å². The molecule has 2 aromatic carbocycles. The van der Waals surface area contributed by atoms with Gasteiger partial charge in [0, 0.05) is 31.2 Å². The molecule has 3 rings (SSSR count). The summed E-state index contributed by atoms with van der Waals surface area (Å²) in [6.45, 7) is 0.161. The van der Waals surface area contributed by atoms with Gasteiger partial charge in [0.1, 0.15) is 18.1 Å². The van der Waals surface area contributed by atoms with Gasteiger partial charge in [-0.25, -0.2) is 0 Å². The lowest BCUT2D eigenvalue weighted by Crippen LogP contribution is -2.26. The first kappa shape index (κ1) is 20.1. The van der Waals surface area contributed by atoms with Gasteiger partial charge < -0.3 is 19.1 Å². The predicted octanol–water partition coefficient (Wildman–Crippen LogP) is 2.71. The Kier molecular flexibility index (Phi) is 5.96. The van der Waals surface area contributed by atoms with Crippen LogP contribution in [0.25, 0.3) is 0 Å². The first-order valence-corrected chi connectivity index (χ1v) is 8.85. The van der Waals surface area contributed by atoms with E-state index in [1.165, 1.54) is 43.4 Å². The van der Waals surface area contributed by atoms with E-state index in [2.05, 4.69) is 0 Å². The number of ether oxygens (including phenoxy) is 3. The molecule has 0 radical (unpaired) electrons. The zero-order valence-corrected chi connectivity index (χ0v) is 16.0. The van der Waals surface area contributed by atoms with Crippen LogP contribution < -0.4 is 14.4 Å². The molecule has 1 aliphatic rings. The van der Waals surface area contributed by atoms with Crippen molar-refractivity contribution in [3.8, 4) is 11.5 Å². The largest absolute Gasteiger partial charge is 0.497 e. The van der Waals surface area contributed by atoms with Crippen LogP contribution in [0, 0.1) is 16.0 Å². The number of carbonyl (C=O) groups is 2. The third-order valence-electron chi connectivity index (χ3n) is 4.66. The van der Waals surface area contributed by atoms with E-state index in [1.54, 1.807) is 18.2 Å². The lowest BCUT2D eigenvalue weighted by atomic mass is 10.1. The number of hydrogen-bond donors (Lipinski definition) is 0. The van der Waals surface area contributed by atoms with E-state index in [1.807, 2.05) is 0 Å². The number of carbonyl (C=O) groups excluding carboxylic acids is 2. The Morgan fingerprint density at radius 2 is 1.90 bits per heavy atom. The summed E-state index contributed by atoms with van der Waals surface area (Å²) in [7, 11) is 3.03.